The van der Waals surface area contributed by atoms with Gasteiger partial charge in [-0.2, -0.15) is 0 Å². The average Bonchev–Trinajstić information content (AvgIpc) is 4.05. The van der Waals surface area contributed by atoms with Crippen molar-refractivity contribution in [1.29, 1.82) is 0 Å². The first-order valence-corrected chi connectivity index (χ1v) is 19.4. The Labute approximate surface area is 331 Å². The lowest BCUT2D eigenvalue weighted by molar-refractivity contribution is -0.135. The van der Waals surface area contributed by atoms with Crippen molar-refractivity contribution < 1.29 is 28.7 Å². The molecule has 14 heteroatoms. The highest BCUT2D eigenvalue weighted by Crippen LogP contribution is 2.37. The molecule has 4 amide bonds. The fourth-order valence-corrected chi connectivity index (χ4v) is 8.07. The van der Waals surface area contributed by atoms with Gasteiger partial charge in [-0.1, -0.05) is 76.2 Å². The number of ether oxygens (including phenoxy) is 2. The summed E-state index contributed by atoms with van der Waals surface area (Å²) >= 11 is 0. The number of hydrogen-bond donors (Lipinski definition) is 4. The van der Waals surface area contributed by atoms with E-state index in [4.69, 9.17) is 9.72 Å². The van der Waals surface area contributed by atoms with Crippen molar-refractivity contribution in [2.24, 2.45) is 17.8 Å². The number of fused-ring (bicyclic) bond motifs is 1. The molecule has 2 aromatic heterocycles. The fourth-order valence-electron chi connectivity index (χ4n) is 8.07. The number of likely N-dealkylation sites (tertiary alicyclic amines) is 2. The van der Waals surface area contributed by atoms with E-state index < -0.39 is 18.2 Å². The number of carbonyl (C=O) groups excluding carboxylic acids is 4. The van der Waals surface area contributed by atoms with E-state index in [1.54, 1.807) is 11.1 Å². The van der Waals surface area contributed by atoms with Gasteiger partial charge < -0.3 is 39.9 Å². The number of hydrogen-bond acceptors (Lipinski definition) is 8. The standard InChI is InChI=1S/C43H50N8O6/c1-24(2)38(49-43(55)57-6)41(53)51-23-26(4)16-36(51)40-45-20-34(48-40)32-14-13-30-17-29(11-12-31(30)18-32)27-7-9-28(10-8-27)33-19-44-39(47-33)35-15-25(3)22-50(35)37(52)21-46-42(54)56-5/h7-14,17-20,24-26,35-36,38H,15-16,21-23H2,1-6H3,(H,44,47)(H,45,48)(H,46,54)(H,49,55)/t25-,26-,35-,36-,38-/m0/s1. The van der Waals surface area contributed by atoms with E-state index in [1.165, 1.54) is 14.2 Å². The molecule has 7 rings (SSSR count). The molecule has 0 radical (unpaired) electrons. The molecule has 0 saturated carbocycles. The minimum Gasteiger partial charge on any atom is -0.453 e. The summed E-state index contributed by atoms with van der Waals surface area (Å²) in [6.45, 7) is 9.08. The van der Waals surface area contributed by atoms with E-state index in [9.17, 15) is 19.2 Å². The van der Waals surface area contributed by atoms with E-state index in [0.29, 0.717) is 19.0 Å². The Morgan fingerprint density at radius 1 is 0.719 bits per heavy atom. The van der Waals surface area contributed by atoms with Gasteiger partial charge >= 0.3 is 12.2 Å². The van der Waals surface area contributed by atoms with Gasteiger partial charge in [0.2, 0.25) is 11.8 Å². The molecule has 0 aliphatic carbocycles. The second-order valence-electron chi connectivity index (χ2n) is 15.7. The number of H-pyrrole nitrogens is 2. The Bertz CT molecular complexity index is 2260. The molecule has 0 spiro atoms. The van der Waals surface area contributed by atoms with Crippen LogP contribution >= 0.6 is 0 Å². The molecule has 5 atom stereocenters. The van der Waals surface area contributed by atoms with Crippen LogP contribution in [0.5, 0.6) is 0 Å². The lowest BCUT2D eigenvalue weighted by atomic mass is 9.98. The average molecular weight is 775 g/mol. The van der Waals surface area contributed by atoms with E-state index in [-0.39, 0.29) is 42.3 Å². The molecule has 0 bridgehead atoms. The summed E-state index contributed by atoms with van der Waals surface area (Å²) in [6.07, 6.45) is 3.91. The summed E-state index contributed by atoms with van der Waals surface area (Å²) < 4.78 is 9.39. The molecule has 2 fully saturated rings. The normalized spacial score (nSPS) is 19.8. The van der Waals surface area contributed by atoms with Gasteiger partial charge in [-0.25, -0.2) is 19.6 Å². The zero-order valence-electron chi connectivity index (χ0n) is 33.2. The van der Waals surface area contributed by atoms with Crippen LogP contribution < -0.4 is 10.6 Å². The summed E-state index contributed by atoms with van der Waals surface area (Å²) in [4.78, 5) is 70.1. The molecule has 4 N–H and O–H groups in total. The molecule has 14 nitrogen and oxygen atoms in total. The number of methoxy groups -OCH3 is 2. The molecule has 2 saturated heterocycles. The third-order valence-electron chi connectivity index (χ3n) is 11.1. The van der Waals surface area contributed by atoms with Gasteiger partial charge in [-0.15, -0.1) is 0 Å². The van der Waals surface area contributed by atoms with Crippen molar-refractivity contribution in [2.75, 3.05) is 33.9 Å². The Hall–Kier alpha value is -6.18. The number of aromatic nitrogens is 4. The fraction of sp³-hybridized carbons (Fsp3) is 0.395. The summed E-state index contributed by atoms with van der Waals surface area (Å²) in [5, 5.41) is 7.38. The second-order valence-corrected chi connectivity index (χ2v) is 15.7. The van der Waals surface area contributed by atoms with Crippen LogP contribution in [-0.4, -0.2) is 93.6 Å². The van der Waals surface area contributed by atoms with Gasteiger partial charge in [0.05, 0.1) is 50.1 Å². The Kier molecular flexibility index (Phi) is 11.3. The number of aromatic amines is 2. The van der Waals surface area contributed by atoms with Crippen LogP contribution in [0.3, 0.4) is 0 Å². The minimum atomic E-state index is -0.699. The maximum atomic E-state index is 13.7. The zero-order chi connectivity index (χ0) is 40.4. The summed E-state index contributed by atoms with van der Waals surface area (Å²) in [6, 6.07) is 19.9. The van der Waals surface area contributed by atoms with Gasteiger partial charge in [0, 0.05) is 18.7 Å². The molecule has 3 aromatic carbocycles. The topological polar surface area (TPSA) is 175 Å². The van der Waals surface area contributed by atoms with Crippen molar-refractivity contribution in [3.63, 3.8) is 0 Å². The van der Waals surface area contributed by atoms with Crippen molar-refractivity contribution in [2.45, 2.75) is 58.7 Å². The first-order chi connectivity index (χ1) is 27.4. The van der Waals surface area contributed by atoms with E-state index in [1.807, 2.05) is 24.9 Å². The smallest absolute Gasteiger partial charge is 0.407 e. The maximum absolute atomic E-state index is 13.7. The SMILES string of the molecule is COC(=O)NCC(=O)N1C[C@@H](C)C[C@H]1c1ncc(-c2ccc(-c3ccc4cc(-c5cnc([C@@H]6C[C@H](C)CN6C(=O)[C@@H](NC(=O)OC)C(C)C)[nH]5)ccc4c3)cc2)[nH]1. The number of nitrogens with zero attached hydrogens (tertiary/aromatic N) is 4. The highest BCUT2D eigenvalue weighted by atomic mass is 16.5. The predicted octanol–water partition coefficient (Wildman–Crippen LogP) is 6.84. The van der Waals surface area contributed by atoms with Gasteiger partial charge in [-0.05, 0) is 70.2 Å². The van der Waals surface area contributed by atoms with Gasteiger partial charge in [0.25, 0.3) is 0 Å². The second kappa shape index (κ2) is 16.5. The van der Waals surface area contributed by atoms with Crippen LogP contribution in [0.4, 0.5) is 9.59 Å². The lowest BCUT2D eigenvalue weighted by Crippen LogP contribution is -2.51. The molecule has 5 aromatic rings. The van der Waals surface area contributed by atoms with Crippen LogP contribution in [0.15, 0.2) is 73.1 Å². The highest BCUT2D eigenvalue weighted by Gasteiger charge is 2.40. The number of imidazole rings is 2. The third-order valence-corrected chi connectivity index (χ3v) is 11.1. The number of carbonyl (C=O) groups is 4. The number of alkyl carbamates (subject to hydrolysis) is 2. The molecule has 2 aliphatic rings. The van der Waals surface area contributed by atoms with Crippen LogP contribution in [0.25, 0.3) is 44.4 Å². The van der Waals surface area contributed by atoms with Crippen molar-refractivity contribution in [3.8, 4) is 33.6 Å². The first kappa shape index (κ1) is 39.1. The van der Waals surface area contributed by atoms with Crippen molar-refractivity contribution >= 4 is 34.8 Å². The van der Waals surface area contributed by atoms with Crippen LogP contribution in [0.2, 0.25) is 0 Å². The van der Waals surface area contributed by atoms with Crippen molar-refractivity contribution in [1.82, 2.24) is 40.4 Å². The van der Waals surface area contributed by atoms with E-state index in [2.05, 4.69) is 105 Å². The highest BCUT2D eigenvalue weighted by molar-refractivity contribution is 5.91. The van der Waals surface area contributed by atoms with E-state index >= 15 is 0 Å². The number of nitrogens with one attached hydrogen (secondary N) is 4. The van der Waals surface area contributed by atoms with Gasteiger partial charge in [0.15, 0.2) is 0 Å². The first-order valence-electron chi connectivity index (χ1n) is 19.4. The number of rotatable bonds is 10. The molecular formula is C43H50N8O6. The zero-order valence-corrected chi connectivity index (χ0v) is 33.2. The molecule has 4 heterocycles. The summed E-state index contributed by atoms with van der Waals surface area (Å²) in [7, 11) is 2.56. The monoisotopic (exact) mass is 774 g/mol. The molecule has 57 heavy (non-hydrogen) atoms. The number of benzene rings is 3. The van der Waals surface area contributed by atoms with Crippen LogP contribution in [0.1, 0.15) is 64.3 Å². The number of amides is 4. The van der Waals surface area contributed by atoms with E-state index in [0.717, 1.165) is 68.9 Å². The molecule has 298 valence electrons. The van der Waals surface area contributed by atoms with Gasteiger partial charge in [0.1, 0.15) is 24.2 Å². The Balaban J connectivity index is 1.03. The Morgan fingerprint density at radius 3 is 1.82 bits per heavy atom. The molecular weight excluding hydrogens is 725 g/mol. The molecule has 2 aliphatic heterocycles. The predicted molar refractivity (Wildman–Crippen MR) is 216 cm³/mol. The summed E-state index contributed by atoms with van der Waals surface area (Å²) in [5.41, 5.74) is 5.87. The van der Waals surface area contributed by atoms with Crippen molar-refractivity contribution in [3.05, 3.63) is 84.7 Å². The minimum absolute atomic E-state index is 0.113. The lowest BCUT2D eigenvalue weighted by Gasteiger charge is -2.30. The van der Waals surface area contributed by atoms with Crippen LogP contribution in [0, 0.1) is 17.8 Å². The third kappa shape index (κ3) is 8.35. The quantitative estimate of drug-likeness (QED) is 0.119. The molecule has 0 unspecified atom stereocenters. The summed E-state index contributed by atoms with van der Waals surface area (Å²) in [5.74, 6) is 1.60. The van der Waals surface area contributed by atoms with Gasteiger partial charge in [-0.3, -0.25) is 9.59 Å². The largest absolute Gasteiger partial charge is 0.453 e. The van der Waals surface area contributed by atoms with Crippen LogP contribution in [-0.2, 0) is 19.1 Å². The Morgan fingerprint density at radius 2 is 1.23 bits per heavy atom. The maximum Gasteiger partial charge on any atom is 0.407 e.